The number of nitrogens with two attached hydrogens (primary N) is 1. The number of ether oxygens (including phenoxy) is 1. The highest BCUT2D eigenvalue weighted by Gasteiger charge is 2.34. The van der Waals surface area contributed by atoms with Gasteiger partial charge in [0.1, 0.15) is 6.04 Å². The second kappa shape index (κ2) is 6.27. The van der Waals surface area contributed by atoms with E-state index in [1.54, 1.807) is 6.92 Å². The van der Waals surface area contributed by atoms with Crippen LogP contribution < -0.4 is 11.1 Å². The van der Waals surface area contributed by atoms with E-state index in [9.17, 15) is 14.4 Å². The summed E-state index contributed by atoms with van der Waals surface area (Å²) in [5.41, 5.74) is 5.45. The van der Waals surface area contributed by atoms with Crippen LogP contribution >= 0.6 is 0 Å². The van der Waals surface area contributed by atoms with Gasteiger partial charge in [0, 0.05) is 32.4 Å². The molecule has 0 fully saturated rings. The highest BCUT2D eigenvalue weighted by Crippen LogP contribution is 2.08. The van der Waals surface area contributed by atoms with Gasteiger partial charge in [-0.25, -0.2) is 0 Å². The first-order valence-corrected chi connectivity index (χ1v) is 5.57. The van der Waals surface area contributed by atoms with Crippen molar-refractivity contribution >= 4 is 17.7 Å². The molecule has 0 aliphatic carbocycles. The van der Waals surface area contributed by atoms with Gasteiger partial charge >= 0.3 is 0 Å². The number of nitrogens with one attached hydrogen (secondary N) is 1. The summed E-state index contributed by atoms with van der Waals surface area (Å²) >= 11 is 0. The summed E-state index contributed by atoms with van der Waals surface area (Å²) in [5, 5.41) is 2.58. The van der Waals surface area contributed by atoms with Crippen LogP contribution in [0, 0.1) is 0 Å². The van der Waals surface area contributed by atoms with E-state index in [1.165, 1.54) is 7.11 Å². The van der Waals surface area contributed by atoms with Gasteiger partial charge in [-0.3, -0.25) is 19.3 Å². The van der Waals surface area contributed by atoms with Crippen LogP contribution in [0.3, 0.4) is 0 Å². The van der Waals surface area contributed by atoms with Crippen molar-refractivity contribution in [2.24, 2.45) is 5.73 Å². The van der Waals surface area contributed by atoms with Crippen LogP contribution in [0.5, 0.6) is 0 Å². The lowest BCUT2D eigenvalue weighted by atomic mass is 10.2. The van der Waals surface area contributed by atoms with Crippen molar-refractivity contribution < 1.29 is 19.1 Å². The van der Waals surface area contributed by atoms with Crippen LogP contribution in [0.1, 0.15) is 6.92 Å². The Kier molecular flexibility index (Phi) is 4.99. The number of nitrogens with zero attached hydrogens (tertiary/aromatic N) is 1. The SMILES string of the molecule is CO[C@@H](C)CNC(=O)[C@H](CN)N1C(=O)C=CC1=O. The maximum Gasteiger partial charge on any atom is 0.254 e. The molecule has 1 heterocycles. The normalized spacial score (nSPS) is 18.1. The number of hydrogen-bond acceptors (Lipinski definition) is 5. The fourth-order valence-electron chi connectivity index (χ4n) is 1.49. The molecule has 0 aromatic carbocycles. The van der Waals surface area contributed by atoms with Crippen LogP contribution in [-0.2, 0) is 19.1 Å². The van der Waals surface area contributed by atoms with Crippen LogP contribution in [0.25, 0.3) is 0 Å². The summed E-state index contributed by atoms with van der Waals surface area (Å²) in [6, 6.07) is -0.982. The number of amides is 3. The van der Waals surface area contributed by atoms with Crippen molar-refractivity contribution in [3.8, 4) is 0 Å². The second-order valence-corrected chi connectivity index (χ2v) is 3.92. The standard InChI is InChI=1S/C11H17N3O4/c1-7(18-2)6-13-11(17)8(5-12)14-9(15)3-4-10(14)16/h3-4,7-8H,5-6,12H2,1-2H3,(H,13,17)/t7-,8-/m0/s1. The maximum atomic E-state index is 11.9. The predicted molar refractivity (Wildman–Crippen MR) is 63.3 cm³/mol. The zero-order valence-electron chi connectivity index (χ0n) is 10.4. The summed E-state index contributed by atoms with van der Waals surface area (Å²) in [5.74, 6) is -1.51. The van der Waals surface area contributed by atoms with Crippen molar-refractivity contribution in [3.63, 3.8) is 0 Å². The van der Waals surface area contributed by atoms with E-state index < -0.39 is 23.8 Å². The molecule has 0 aromatic heterocycles. The zero-order chi connectivity index (χ0) is 13.7. The maximum absolute atomic E-state index is 11.9. The van der Waals surface area contributed by atoms with Crippen LogP contribution in [0.2, 0.25) is 0 Å². The summed E-state index contributed by atoms with van der Waals surface area (Å²) in [6.45, 7) is 1.95. The highest BCUT2D eigenvalue weighted by atomic mass is 16.5. The molecule has 0 aromatic rings. The Morgan fingerprint density at radius 2 is 2.00 bits per heavy atom. The van der Waals surface area contributed by atoms with Crippen LogP contribution in [-0.4, -0.2) is 55.0 Å². The van der Waals surface area contributed by atoms with Gasteiger partial charge in [0.25, 0.3) is 11.8 Å². The minimum atomic E-state index is -0.982. The lowest BCUT2D eigenvalue weighted by Crippen LogP contribution is -2.54. The fraction of sp³-hybridized carbons (Fsp3) is 0.545. The Labute approximate surface area is 105 Å². The Balaban J connectivity index is 2.63. The fourth-order valence-corrected chi connectivity index (χ4v) is 1.49. The molecular formula is C11H17N3O4. The zero-order valence-corrected chi connectivity index (χ0v) is 10.4. The van der Waals surface area contributed by atoms with E-state index in [4.69, 9.17) is 10.5 Å². The summed E-state index contributed by atoms with van der Waals surface area (Å²) in [7, 11) is 1.52. The van der Waals surface area contributed by atoms with Gasteiger partial charge in [-0.2, -0.15) is 0 Å². The predicted octanol–water partition coefficient (Wildman–Crippen LogP) is -1.61. The first-order chi connectivity index (χ1) is 8.51. The van der Waals surface area contributed by atoms with E-state index in [1.807, 2.05) is 0 Å². The molecule has 1 aliphatic rings. The Bertz CT molecular complexity index is 362. The molecular weight excluding hydrogens is 238 g/mol. The molecule has 7 heteroatoms. The van der Waals surface area contributed by atoms with Gasteiger partial charge in [-0.05, 0) is 6.92 Å². The summed E-state index contributed by atoms with van der Waals surface area (Å²) in [4.78, 5) is 35.6. The molecule has 100 valence electrons. The van der Waals surface area contributed by atoms with E-state index >= 15 is 0 Å². The number of hydrogen-bond donors (Lipinski definition) is 2. The van der Waals surface area contributed by atoms with E-state index in [2.05, 4.69) is 5.32 Å². The van der Waals surface area contributed by atoms with E-state index in [0.717, 1.165) is 17.1 Å². The number of rotatable bonds is 6. The van der Waals surface area contributed by atoms with Crippen molar-refractivity contribution in [2.75, 3.05) is 20.2 Å². The van der Waals surface area contributed by atoms with Gasteiger partial charge in [-0.1, -0.05) is 0 Å². The van der Waals surface area contributed by atoms with Crippen molar-refractivity contribution in [3.05, 3.63) is 12.2 Å². The van der Waals surface area contributed by atoms with Crippen LogP contribution in [0.15, 0.2) is 12.2 Å². The first kappa shape index (κ1) is 14.3. The molecule has 0 unspecified atom stereocenters. The van der Waals surface area contributed by atoms with Crippen LogP contribution in [0.4, 0.5) is 0 Å². The monoisotopic (exact) mass is 255 g/mol. The smallest absolute Gasteiger partial charge is 0.254 e. The third-order valence-corrected chi connectivity index (χ3v) is 2.65. The highest BCUT2D eigenvalue weighted by molar-refractivity contribution is 6.15. The number of carbonyl (C=O) groups excluding carboxylic acids is 3. The number of imide groups is 1. The molecule has 0 bridgehead atoms. The van der Waals surface area contributed by atoms with Crippen molar-refractivity contribution in [2.45, 2.75) is 19.1 Å². The van der Waals surface area contributed by atoms with Gasteiger partial charge in [-0.15, -0.1) is 0 Å². The molecule has 0 spiro atoms. The van der Waals surface area contributed by atoms with Crippen molar-refractivity contribution in [1.82, 2.24) is 10.2 Å². The van der Waals surface area contributed by atoms with E-state index in [0.29, 0.717) is 0 Å². The second-order valence-electron chi connectivity index (χ2n) is 3.92. The van der Waals surface area contributed by atoms with E-state index in [-0.39, 0.29) is 19.2 Å². The topological polar surface area (TPSA) is 102 Å². The van der Waals surface area contributed by atoms with Gasteiger partial charge in [0.2, 0.25) is 5.91 Å². The molecule has 2 atom stereocenters. The lowest BCUT2D eigenvalue weighted by molar-refractivity contribution is -0.145. The Morgan fingerprint density at radius 1 is 1.44 bits per heavy atom. The molecule has 1 aliphatic heterocycles. The van der Waals surface area contributed by atoms with Gasteiger partial charge in [0.15, 0.2) is 0 Å². The Morgan fingerprint density at radius 3 is 2.44 bits per heavy atom. The van der Waals surface area contributed by atoms with Gasteiger partial charge < -0.3 is 15.8 Å². The minimum Gasteiger partial charge on any atom is -0.380 e. The molecule has 7 nitrogen and oxygen atoms in total. The molecule has 3 amide bonds. The molecule has 3 N–H and O–H groups in total. The third-order valence-electron chi connectivity index (χ3n) is 2.65. The third kappa shape index (κ3) is 3.14. The lowest BCUT2D eigenvalue weighted by Gasteiger charge is -2.24. The largest absolute Gasteiger partial charge is 0.380 e. The number of methoxy groups -OCH3 is 1. The molecule has 0 saturated heterocycles. The molecule has 18 heavy (non-hydrogen) atoms. The average Bonchev–Trinajstić information content (AvgIpc) is 2.68. The average molecular weight is 255 g/mol. The summed E-state index contributed by atoms with van der Waals surface area (Å²) in [6.07, 6.45) is 2.09. The quantitative estimate of drug-likeness (QED) is 0.556. The Hall–Kier alpha value is -1.73. The van der Waals surface area contributed by atoms with Gasteiger partial charge in [0.05, 0.1) is 6.10 Å². The summed E-state index contributed by atoms with van der Waals surface area (Å²) < 4.78 is 4.98. The first-order valence-electron chi connectivity index (χ1n) is 5.57. The minimum absolute atomic E-state index is 0.119. The van der Waals surface area contributed by atoms with Crippen molar-refractivity contribution in [1.29, 1.82) is 0 Å². The number of carbonyl (C=O) groups is 3. The molecule has 0 saturated carbocycles. The molecule has 1 rings (SSSR count). The molecule has 0 radical (unpaired) electrons.